The number of aromatic amines is 1. The van der Waals surface area contributed by atoms with Crippen LogP contribution in [0.3, 0.4) is 0 Å². The standard InChI is InChI=1S/C17H18N4O4/c1-11-10-25-8-7-21(11)17(24)12-3-2-4-13(9-12)18-16(23)14-5-6-15(22)20-19-14/h2-6,9,11H,7-8,10H2,1H3,(H,18,23)(H,20,22). The van der Waals surface area contributed by atoms with Crippen LogP contribution >= 0.6 is 0 Å². The van der Waals surface area contributed by atoms with Gasteiger partial charge in [-0.15, -0.1) is 0 Å². The molecule has 0 spiro atoms. The van der Waals surface area contributed by atoms with E-state index in [0.29, 0.717) is 31.0 Å². The van der Waals surface area contributed by atoms with Crippen molar-refractivity contribution in [2.24, 2.45) is 0 Å². The zero-order valence-corrected chi connectivity index (χ0v) is 13.7. The molecular formula is C17H18N4O4. The number of H-pyrrole nitrogens is 1. The summed E-state index contributed by atoms with van der Waals surface area (Å²) in [5.74, 6) is -0.574. The van der Waals surface area contributed by atoms with Crippen molar-refractivity contribution in [1.82, 2.24) is 15.1 Å². The number of aromatic nitrogens is 2. The number of ether oxygens (including phenoxy) is 1. The minimum absolute atomic E-state index is 0.00448. The first-order chi connectivity index (χ1) is 12.0. The molecule has 2 amide bonds. The molecule has 1 fully saturated rings. The monoisotopic (exact) mass is 342 g/mol. The maximum atomic E-state index is 12.7. The largest absolute Gasteiger partial charge is 0.377 e. The van der Waals surface area contributed by atoms with Crippen LogP contribution in [-0.4, -0.2) is 52.7 Å². The lowest BCUT2D eigenvalue weighted by molar-refractivity contribution is 0.00359. The van der Waals surface area contributed by atoms with E-state index in [2.05, 4.69) is 15.5 Å². The van der Waals surface area contributed by atoms with Crippen molar-refractivity contribution in [3.63, 3.8) is 0 Å². The number of amides is 2. The predicted octanol–water partition coefficient (Wildman–Crippen LogP) is 0.883. The van der Waals surface area contributed by atoms with Crippen LogP contribution in [0.1, 0.15) is 27.8 Å². The second-order valence-electron chi connectivity index (χ2n) is 5.76. The van der Waals surface area contributed by atoms with Crippen molar-refractivity contribution < 1.29 is 14.3 Å². The summed E-state index contributed by atoms with van der Waals surface area (Å²) in [5, 5.41) is 8.55. The highest BCUT2D eigenvalue weighted by Crippen LogP contribution is 2.16. The van der Waals surface area contributed by atoms with Crippen LogP contribution in [0.15, 0.2) is 41.2 Å². The van der Waals surface area contributed by atoms with E-state index < -0.39 is 5.91 Å². The zero-order valence-electron chi connectivity index (χ0n) is 13.7. The van der Waals surface area contributed by atoms with Crippen molar-refractivity contribution in [3.8, 4) is 0 Å². The highest BCUT2D eigenvalue weighted by atomic mass is 16.5. The molecule has 1 unspecified atom stereocenters. The number of hydrogen-bond acceptors (Lipinski definition) is 5. The molecule has 25 heavy (non-hydrogen) atoms. The number of carbonyl (C=O) groups excluding carboxylic acids is 2. The fourth-order valence-electron chi connectivity index (χ4n) is 2.59. The molecule has 8 nitrogen and oxygen atoms in total. The Morgan fingerprint density at radius 1 is 1.32 bits per heavy atom. The summed E-state index contributed by atoms with van der Waals surface area (Å²) in [4.78, 5) is 37.6. The van der Waals surface area contributed by atoms with Crippen LogP contribution < -0.4 is 10.9 Å². The molecule has 1 aromatic carbocycles. The molecule has 1 aliphatic rings. The minimum atomic E-state index is -0.472. The third kappa shape index (κ3) is 3.92. The molecule has 1 aromatic heterocycles. The first-order valence-corrected chi connectivity index (χ1v) is 7.90. The number of carbonyl (C=O) groups is 2. The van der Waals surface area contributed by atoms with E-state index >= 15 is 0 Å². The minimum Gasteiger partial charge on any atom is -0.377 e. The SMILES string of the molecule is CC1COCCN1C(=O)c1cccc(NC(=O)c2ccc(=O)[nH]n2)c1. The van der Waals surface area contributed by atoms with E-state index in [1.54, 1.807) is 29.2 Å². The average Bonchev–Trinajstić information content (AvgIpc) is 2.62. The fourth-order valence-corrected chi connectivity index (χ4v) is 2.59. The summed E-state index contributed by atoms with van der Waals surface area (Å²) in [7, 11) is 0. The van der Waals surface area contributed by atoms with E-state index in [0.717, 1.165) is 0 Å². The summed E-state index contributed by atoms with van der Waals surface area (Å²) in [5.41, 5.74) is 0.660. The van der Waals surface area contributed by atoms with Gasteiger partial charge in [0, 0.05) is 23.9 Å². The Balaban J connectivity index is 1.74. The van der Waals surface area contributed by atoms with Crippen LogP contribution in [0.4, 0.5) is 5.69 Å². The Hall–Kier alpha value is -3.00. The van der Waals surface area contributed by atoms with Gasteiger partial charge in [-0.2, -0.15) is 5.10 Å². The van der Waals surface area contributed by atoms with Crippen molar-refractivity contribution in [2.75, 3.05) is 25.1 Å². The number of rotatable bonds is 3. The maximum absolute atomic E-state index is 12.7. The predicted molar refractivity (Wildman–Crippen MR) is 90.6 cm³/mol. The van der Waals surface area contributed by atoms with Gasteiger partial charge in [-0.3, -0.25) is 14.4 Å². The van der Waals surface area contributed by atoms with Gasteiger partial charge in [0.2, 0.25) is 0 Å². The van der Waals surface area contributed by atoms with Gasteiger partial charge >= 0.3 is 0 Å². The summed E-state index contributed by atoms with van der Waals surface area (Å²) >= 11 is 0. The molecule has 1 atom stereocenters. The number of anilines is 1. The first kappa shape index (κ1) is 16.8. The molecule has 0 bridgehead atoms. The molecule has 0 aliphatic carbocycles. The Bertz CT molecular complexity index is 828. The van der Waals surface area contributed by atoms with Gasteiger partial charge in [-0.1, -0.05) is 6.07 Å². The molecule has 1 aliphatic heterocycles. The van der Waals surface area contributed by atoms with Gasteiger partial charge in [-0.05, 0) is 31.2 Å². The number of hydrogen-bond donors (Lipinski definition) is 2. The lowest BCUT2D eigenvalue weighted by Gasteiger charge is -2.33. The zero-order chi connectivity index (χ0) is 17.8. The second kappa shape index (κ2) is 7.27. The molecule has 3 rings (SSSR count). The van der Waals surface area contributed by atoms with Crippen LogP contribution in [0.5, 0.6) is 0 Å². The Labute approximate surface area is 143 Å². The van der Waals surface area contributed by atoms with E-state index in [1.807, 2.05) is 6.92 Å². The third-order valence-electron chi connectivity index (χ3n) is 3.91. The smallest absolute Gasteiger partial charge is 0.276 e. The molecule has 2 aromatic rings. The maximum Gasteiger partial charge on any atom is 0.276 e. The normalized spacial score (nSPS) is 17.2. The van der Waals surface area contributed by atoms with E-state index in [9.17, 15) is 14.4 Å². The van der Waals surface area contributed by atoms with Gasteiger partial charge in [-0.25, -0.2) is 5.10 Å². The van der Waals surface area contributed by atoms with E-state index in [1.165, 1.54) is 12.1 Å². The topological polar surface area (TPSA) is 104 Å². The van der Waals surface area contributed by atoms with Crippen molar-refractivity contribution in [3.05, 3.63) is 58.0 Å². The summed E-state index contributed by atoms with van der Waals surface area (Å²) < 4.78 is 5.35. The van der Waals surface area contributed by atoms with Crippen molar-refractivity contribution in [1.29, 1.82) is 0 Å². The third-order valence-corrected chi connectivity index (χ3v) is 3.91. The first-order valence-electron chi connectivity index (χ1n) is 7.90. The Morgan fingerprint density at radius 3 is 2.88 bits per heavy atom. The quantitative estimate of drug-likeness (QED) is 0.862. The van der Waals surface area contributed by atoms with Crippen LogP contribution in [0, 0.1) is 0 Å². The van der Waals surface area contributed by atoms with Crippen molar-refractivity contribution in [2.45, 2.75) is 13.0 Å². The van der Waals surface area contributed by atoms with Gasteiger partial charge in [0.15, 0.2) is 0 Å². The van der Waals surface area contributed by atoms with Crippen LogP contribution in [-0.2, 0) is 4.74 Å². The molecule has 0 radical (unpaired) electrons. The number of nitrogens with one attached hydrogen (secondary N) is 2. The molecular weight excluding hydrogens is 324 g/mol. The Kier molecular flexibility index (Phi) is 4.90. The summed E-state index contributed by atoms with van der Waals surface area (Å²) in [6, 6.07) is 9.27. The number of benzene rings is 1. The number of morpholine rings is 1. The molecule has 1 saturated heterocycles. The van der Waals surface area contributed by atoms with Gasteiger partial charge in [0.05, 0.1) is 19.3 Å². The lowest BCUT2D eigenvalue weighted by atomic mass is 10.1. The van der Waals surface area contributed by atoms with E-state index in [-0.39, 0.29) is 23.2 Å². The van der Waals surface area contributed by atoms with Gasteiger partial charge in [0.25, 0.3) is 17.4 Å². The van der Waals surface area contributed by atoms with Gasteiger partial charge < -0.3 is 15.0 Å². The van der Waals surface area contributed by atoms with E-state index in [4.69, 9.17) is 4.74 Å². The lowest BCUT2D eigenvalue weighted by Crippen LogP contribution is -2.47. The van der Waals surface area contributed by atoms with Crippen molar-refractivity contribution >= 4 is 17.5 Å². The molecule has 8 heteroatoms. The van der Waals surface area contributed by atoms with Crippen LogP contribution in [0.25, 0.3) is 0 Å². The fraction of sp³-hybridized carbons (Fsp3) is 0.294. The second-order valence-corrected chi connectivity index (χ2v) is 5.76. The molecule has 130 valence electrons. The highest BCUT2D eigenvalue weighted by Gasteiger charge is 2.24. The number of nitrogens with zero attached hydrogens (tertiary/aromatic N) is 2. The Morgan fingerprint density at radius 2 is 2.16 bits per heavy atom. The molecule has 2 N–H and O–H groups in total. The van der Waals surface area contributed by atoms with Gasteiger partial charge in [0.1, 0.15) is 5.69 Å². The molecule has 0 saturated carbocycles. The highest BCUT2D eigenvalue weighted by molar-refractivity contribution is 6.03. The summed E-state index contributed by atoms with van der Waals surface area (Å²) in [6.07, 6.45) is 0. The van der Waals surface area contributed by atoms with Crippen LogP contribution in [0.2, 0.25) is 0 Å². The summed E-state index contributed by atoms with van der Waals surface area (Å²) in [6.45, 7) is 3.51. The average molecular weight is 342 g/mol. The molecule has 2 heterocycles.